The Kier molecular flexibility index (Phi) is 4.34. The predicted molar refractivity (Wildman–Crippen MR) is 77.2 cm³/mol. The lowest BCUT2D eigenvalue weighted by Crippen LogP contribution is -2.40. The molecule has 0 bridgehead atoms. The van der Waals surface area contributed by atoms with Crippen LogP contribution in [0.2, 0.25) is 0 Å². The minimum absolute atomic E-state index is 0.0549. The maximum absolute atomic E-state index is 13.9. The third kappa shape index (κ3) is 2.96. The van der Waals surface area contributed by atoms with E-state index in [1.54, 1.807) is 0 Å². The van der Waals surface area contributed by atoms with Gasteiger partial charge in [-0.3, -0.25) is 0 Å². The fourth-order valence-corrected chi connectivity index (χ4v) is 4.25. The molecule has 6 heteroatoms. The average molecular weight is 300 g/mol. The smallest absolute Gasteiger partial charge is 0.245 e. The molecule has 1 aliphatic carbocycles. The van der Waals surface area contributed by atoms with Crippen LogP contribution in [0.5, 0.6) is 0 Å². The summed E-state index contributed by atoms with van der Waals surface area (Å²) in [6.07, 6.45) is 3.79. The van der Waals surface area contributed by atoms with Crippen molar-refractivity contribution in [2.75, 3.05) is 12.8 Å². The predicted octanol–water partition coefficient (Wildman–Crippen LogP) is 2.61. The van der Waals surface area contributed by atoms with E-state index in [-0.39, 0.29) is 16.6 Å². The van der Waals surface area contributed by atoms with E-state index < -0.39 is 15.8 Å². The van der Waals surface area contributed by atoms with Crippen LogP contribution in [0, 0.1) is 11.7 Å². The quantitative estimate of drug-likeness (QED) is 0.873. The van der Waals surface area contributed by atoms with Crippen LogP contribution in [0.3, 0.4) is 0 Å². The van der Waals surface area contributed by atoms with E-state index in [2.05, 4.69) is 6.92 Å². The number of hydrogen-bond donors (Lipinski definition) is 1. The van der Waals surface area contributed by atoms with Gasteiger partial charge in [-0.05, 0) is 37.0 Å². The summed E-state index contributed by atoms with van der Waals surface area (Å²) in [7, 11) is -2.27. The van der Waals surface area contributed by atoms with E-state index in [0.29, 0.717) is 5.92 Å². The van der Waals surface area contributed by atoms with Gasteiger partial charge >= 0.3 is 0 Å². The zero-order chi connectivity index (χ0) is 14.9. The minimum Gasteiger partial charge on any atom is -0.399 e. The van der Waals surface area contributed by atoms with Gasteiger partial charge in [0.1, 0.15) is 10.7 Å². The van der Waals surface area contributed by atoms with Gasteiger partial charge in [0.15, 0.2) is 0 Å². The number of sulfonamides is 1. The number of halogens is 1. The molecule has 20 heavy (non-hydrogen) atoms. The highest BCUT2D eigenvalue weighted by molar-refractivity contribution is 7.89. The van der Waals surface area contributed by atoms with Crippen LogP contribution in [0.4, 0.5) is 10.1 Å². The Labute approximate surface area is 119 Å². The monoisotopic (exact) mass is 300 g/mol. The highest BCUT2D eigenvalue weighted by atomic mass is 32.2. The molecular weight excluding hydrogens is 279 g/mol. The van der Waals surface area contributed by atoms with E-state index >= 15 is 0 Å². The molecule has 1 fully saturated rings. The lowest BCUT2D eigenvalue weighted by Gasteiger charge is -2.33. The van der Waals surface area contributed by atoms with Crippen molar-refractivity contribution in [3.8, 4) is 0 Å². The van der Waals surface area contributed by atoms with Gasteiger partial charge in [-0.2, -0.15) is 4.31 Å². The summed E-state index contributed by atoms with van der Waals surface area (Å²) in [5, 5.41) is 0. The van der Waals surface area contributed by atoms with Gasteiger partial charge in [-0.25, -0.2) is 12.8 Å². The molecule has 1 aromatic carbocycles. The number of nitrogens with zero attached hydrogens (tertiary/aromatic N) is 1. The Morgan fingerprint density at radius 1 is 1.35 bits per heavy atom. The van der Waals surface area contributed by atoms with E-state index in [1.807, 2.05) is 0 Å². The largest absolute Gasteiger partial charge is 0.399 e. The van der Waals surface area contributed by atoms with Crippen molar-refractivity contribution in [3.05, 3.63) is 24.0 Å². The molecule has 4 nitrogen and oxygen atoms in total. The van der Waals surface area contributed by atoms with Gasteiger partial charge < -0.3 is 5.73 Å². The molecule has 0 heterocycles. The Bertz CT molecular complexity index is 589. The number of nitrogen functional groups attached to an aromatic ring is 1. The van der Waals surface area contributed by atoms with E-state index in [1.165, 1.54) is 23.5 Å². The summed E-state index contributed by atoms with van der Waals surface area (Å²) in [5.74, 6) is -0.289. The molecule has 0 aromatic heterocycles. The second-order valence-electron chi connectivity index (χ2n) is 5.64. The van der Waals surface area contributed by atoms with Gasteiger partial charge in [-0.15, -0.1) is 0 Å². The first-order chi connectivity index (χ1) is 9.32. The first-order valence-electron chi connectivity index (χ1n) is 6.85. The first kappa shape index (κ1) is 15.3. The van der Waals surface area contributed by atoms with Crippen LogP contribution >= 0.6 is 0 Å². The van der Waals surface area contributed by atoms with E-state index in [0.717, 1.165) is 31.7 Å². The van der Waals surface area contributed by atoms with Crippen LogP contribution in [-0.2, 0) is 10.0 Å². The van der Waals surface area contributed by atoms with E-state index in [4.69, 9.17) is 5.73 Å². The van der Waals surface area contributed by atoms with Gasteiger partial charge in [0, 0.05) is 18.8 Å². The Morgan fingerprint density at radius 3 is 2.65 bits per heavy atom. The van der Waals surface area contributed by atoms with Gasteiger partial charge in [0.25, 0.3) is 0 Å². The zero-order valence-electron chi connectivity index (χ0n) is 11.8. The van der Waals surface area contributed by atoms with Crippen molar-refractivity contribution < 1.29 is 12.8 Å². The highest BCUT2D eigenvalue weighted by Crippen LogP contribution is 2.30. The average Bonchev–Trinajstić information content (AvgIpc) is 2.37. The molecule has 0 saturated heterocycles. The van der Waals surface area contributed by atoms with Crippen molar-refractivity contribution in [2.24, 2.45) is 5.92 Å². The molecule has 2 atom stereocenters. The molecule has 0 spiro atoms. The van der Waals surface area contributed by atoms with Crippen LogP contribution in [0.15, 0.2) is 23.1 Å². The molecule has 0 amide bonds. The lowest BCUT2D eigenvalue weighted by atomic mass is 9.87. The Balaban J connectivity index is 2.29. The maximum Gasteiger partial charge on any atom is 0.245 e. The van der Waals surface area contributed by atoms with E-state index in [9.17, 15) is 12.8 Å². The SMILES string of the molecule is CC1CCCC(N(C)S(=O)(=O)c2ccc(N)cc2F)C1. The van der Waals surface area contributed by atoms with Crippen molar-refractivity contribution in [3.63, 3.8) is 0 Å². The van der Waals surface area contributed by atoms with Crippen molar-refractivity contribution in [1.82, 2.24) is 4.31 Å². The summed E-state index contributed by atoms with van der Waals surface area (Å²) in [4.78, 5) is -0.299. The topological polar surface area (TPSA) is 63.4 Å². The minimum atomic E-state index is -3.81. The van der Waals surface area contributed by atoms with Gasteiger partial charge in [0.05, 0.1) is 0 Å². The van der Waals surface area contributed by atoms with Crippen LogP contribution in [-0.4, -0.2) is 25.8 Å². The Hall–Kier alpha value is -1.14. The third-order valence-electron chi connectivity index (χ3n) is 4.04. The molecule has 2 unspecified atom stereocenters. The van der Waals surface area contributed by atoms with Crippen molar-refractivity contribution in [2.45, 2.75) is 43.5 Å². The van der Waals surface area contributed by atoms with Gasteiger partial charge in [-0.1, -0.05) is 19.8 Å². The molecule has 2 rings (SSSR count). The Morgan fingerprint density at radius 2 is 2.05 bits per heavy atom. The fourth-order valence-electron chi connectivity index (χ4n) is 2.81. The number of rotatable bonds is 3. The lowest BCUT2D eigenvalue weighted by molar-refractivity contribution is 0.238. The molecular formula is C14H21FN2O2S. The number of nitrogens with two attached hydrogens (primary N) is 1. The molecule has 1 saturated carbocycles. The molecule has 1 aliphatic rings. The summed E-state index contributed by atoms with van der Waals surface area (Å²) in [5.41, 5.74) is 5.68. The van der Waals surface area contributed by atoms with Crippen LogP contribution < -0.4 is 5.73 Å². The second-order valence-corrected chi connectivity index (χ2v) is 7.60. The third-order valence-corrected chi connectivity index (χ3v) is 5.98. The highest BCUT2D eigenvalue weighted by Gasteiger charge is 2.32. The molecule has 2 N–H and O–H groups in total. The molecule has 112 valence electrons. The summed E-state index contributed by atoms with van der Waals surface area (Å²) in [6, 6.07) is 3.64. The second kappa shape index (κ2) is 5.69. The molecule has 1 aromatic rings. The van der Waals surface area contributed by atoms with Crippen molar-refractivity contribution >= 4 is 15.7 Å². The normalized spacial score (nSPS) is 24.0. The van der Waals surface area contributed by atoms with Crippen LogP contribution in [0.25, 0.3) is 0 Å². The molecule has 0 aliphatic heterocycles. The summed E-state index contributed by atoms with van der Waals surface area (Å²) in [6.45, 7) is 2.12. The first-order valence-corrected chi connectivity index (χ1v) is 8.29. The van der Waals surface area contributed by atoms with Gasteiger partial charge in [0.2, 0.25) is 10.0 Å². The fraction of sp³-hybridized carbons (Fsp3) is 0.571. The maximum atomic E-state index is 13.9. The number of benzene rings is 1. The summed E-state index contributed by atoms with van der Waals surface area (Å²) < 4.78 is 40.2. The zero-order valence-corrected chi connectivity index (χ0v) is 12.7. The van der Waals surface area contributed by atoms with Crippen molar-refractivity contribution in [1.29, 1.82) is 0 Å². The number of anilines is 1. The summed E-state index contributed by atoms with van der Waals surface area (Å²) >= 11 is 0. The standard InChI is InChI=1S/C14H21FN2O2S/c1-10-4-3-5-12(8-10)17(2)20(18,19)14-7-6-11(16)9-13(14)15/h6-7,9-10,12H,3-5,8,16H2,1-2H3. The number of hydrogen-bond acceptors (Lipinski definition) is 3. The van der Waals surface area contributed by atoms with Crippen LogP contribution in [0.1, 0.15) is 32.6 Å². The molecule has 0 radical (unpaired) electrons.